The first kappa shape index (κ1) is 10.9. The van der Waals surface area contributed by atoms with E-state index in [2.05, 4.69) is 42.1 Å². The molecule has 0 aliphatic rings. The van der Waals surface area contributed by atoms with Crippen molar-refractivity contribution in [1.82, 2.24) is 19.6 Å². The lowest BCUT2D eigenvalue weighted by molar-refractivity contribution is 0.615. The molecule has 0 aliphatic heterocycles. The van der Waals surface area contributed by atoms with Gasteiger partial charge in [0.15, 0.2) is 0 Å². The smallest absolute Gasteiger partial charge is 0.128 e. The van der Waals surface area contributed by atoms with Crippen LogP contribution in [0.25, 0.3) is 0 Å². The third-order valence-electron chi connectivity index (χ3n) is 2.18. The molecular weight excluding hydrogens is 324 g/mol. The van der Waals surface area contributed by atoms with Crippen LogP contribution in [0.1, 0.15) is 11.4 Å². The zero-order valence-corrected chi connectivity index (χ0v) is 11.6. The summed E-state index contributed by atoms with van der Waals surface area (Å²) in [7, 11) is 1.94. The molecule has 6 heteroatoms. The molecule has 0 amide bonds. The second kappa shape index (κ2) is 4.09. The summed E-state index contributed by atoms with van der Waals surface area (Å²) < 4.78 is 5.63. The number of rotatable bonds is 2. The largest absolute Gasteiger partial charge is 0.269 e. The Balaban J connectivity index is 2.31. The summed E-state index contributed by atoms with van der Waals surface area (Å²) in [5.74, 6) is 0. The SMILES string of the molecule is Cc1nn(C)c(Cn2ccc(Br)n2)c1Br. The minimum absolute atomic E-state index is 0.712. The van der Waals surface area contributed by atoms with Crippen LogP contribution in [-0.2, 0) is 13.6 Å². The van der Waals surface area contributed by atoms with Crippen LogP contribution in [0.5, 0.6) is 0 Å². The quantitative estimate of drug-likeness (QED) is 0.846. The van der Waals surface area contributed by atoms with E-state index in [1.807, 2.05) is 35.6 Å². The van der Waals surface area contributed by atoms with Crippen LogP contribution in [0.4, 0.5) is 0 Å². The van der Waals surface area contributed by atoms with Gasteiger partial charge in [-0.1, -0.05) is 0 Å². The number of halogens is 2. The minimum atomic E-state index is 0.712. The first-order chi connectivity index (χ1) is 7.08. The zero-order chi connectivity index (χ0) is 11.0. The fourth-order valence-corrected chi connectivity index (χ4v) is 2.21. The average Bonchev–Trinajstić information content (AvgIpc) is 2.67. The van der Waals surface area contributed by atoms with Crippen molar-refractivity contribution in [2.45, 2.75) is 13.5 Å². The summed E-state index contributed by atoms with van der Waals surface area (Å²) >= 11 is 6.85. The highest BCUT2D eigenvalue weighted by Crippen LogP contribution is 2.21. The average molecular weight is 334 g/mol. The highest BCUT2D eigenvalue weighted by molar-refractivity contribution is 9.10. The van der Waals surface area contributed by atoms with Crippen LogP contribution in [-0.4, -0.2) is 19.6 Å². The molecule has 0 aliphatic carbocycles. The molecule has 0 spiro atoms. The molecule has 0 bridgehead atoms. The topological polar surface area (TPSA) is 35.6 Å². The summed E-state index contributed by atoms with van der Waals surface area (Å²) in [4.78, 5) is 0. The molecule has 4 nitrogen and oxygen atoms in total. The molecule has 2 aromatic heterocycles. The van der Waals surface area contributed by atoms with Gasteiger partial charge in [-0.05, 0) is 44.8 Å². The van der Waals surface area contributed by atoms with Gasteiger partial charge in [0.05, 0.1) is 22.4 Å². The van der Waals surface area contributed by atoms with Crippen molar-refractivity contribution in [1.29, 1.82) is 0 Å². The molecule has 0 unspecified atom stereocenters. The van der Waals surface area contributed by atoms with Crippen molar-refractivity contribution in [3.05, 3.63) is 32.7 Å². The lowest BCUT2D eigenvalue weighted by atomic mass is 10.3. The summed E-state index contributed by atoms with van der Waals surface area (Å²) in [6, 6.07) is 1.91. The van der Waals surface area contributed by atoms with Gasteiger partial charge in [-0.2, -0.15) is 10.2 Å². The normalized spacial score (nSPS) is 10.9. The third-order valence-corrected chi connectivity index (χ3v) is 3.64. The first-order valence-electron chi connectivity index (χ1n) is 4.45. The highest BCUT2D eigenvalue weighted by Gasteiger charge is 2.11. The van der Waals surface area contributed by atoms with E-state index in [0.29, 0.717) is 6.54 Å². The van der Waals surface area contributed by atoms with Crippen molar-refractivity contribution in [3.63, 3.8) is 0 Å². The van der Waals surface area contributed by atoms with Crippen LogP contribution < -0.4 is 0 Å². The number of hydrogen-bond acceptors (Lipinski definition) is 2. The molecule has 0 aromatic carbocycles. The Bertz CT molecular complexity index is 486. The predicted molar refractivity (Wildman–Crippen MR) is 64.7 cm³/mol. The van der Waals surface area contributed by atoms with Crippen molar-refractivity contribution in [2.75, 3.05) is 0 Å². The Hall–Kier alpha value is -0.620. The fraction of sp³-hybridized carbons (Fsp3) is 0.333. The predicted octanol–water partition coefficient (Wildman–Crippen LogP) is 2.50. The lowest BCUT2D eigenvalue weighted by Gasteiger charge is -2.02. The standard InChI is InChI=1S/C9H10Br2N4/c1-6-9(11)7(14(2)12-6)5-15-4-3-8(10)13-15/h3-4H,5H2,1-2H3. The van der Waals surface area contributed by atoms with Crippen molar-refractivity contribution in [3.8, 4) is 0 Å². The molecule has 0 fully saturated rings. The van der Waals surface area contributed by atoms with Crippen LogP contribution in [0.3, 0.4) is 0 Å². The molecule has 0 saturated carbocycles. The Morgan fingerprint density at radius 1 is 1.33 bits per heavy atom. The number of aryl methyl sites for hydroxylation is 2. The number of nitrogens with zero attached hydrogens (tertiary/aromatic N) is 4. The molecule has 0 N–H and O–H groups in total. The van der Waals surface area contributed by atoms with E-state index in [9.17, 15) is 0 Å². The van der Waals surface area contributed by atoms with Gasteiger partial charge in [0.1, 0.15) is 4.60 Å². The van der Waals surface area contributed by atoms with E-state index >= 15 is 0 Å². The van der Waals surface area contributed by atoms with E-state index in [-0.39, 0.29) is 0 Å². The van der Waals surface area contributed by atoms with Gasteiger partial charge in [-0.25, -0.2) is 0 Å². The molecule has 15 heavy (non-hydrogen) atoms. The molecule has 2 aromatic rings. The third kappa shape index (κ3) is 2.15. The Labute approximate surface area is 105 Å². The second-order valence-corrected chi connectivity index (χ2v) is 4.91. The van der Waals surface area contributed by atoms with E-state index in [0.717, 1.165) is 20.5 Å². The fourth-order valence-electron chi connectivity index (χ4n) is 1.43. The lowest BCUT2D eigenvalue weighted by Crippen LogP contribution is -2.06. The zero-order valence-electron chi connectivity index (χ0n) is 8.41. The van der Waals surface area contributed by atoms with Crippen LogP contribution in [0.15, 0.2) is 21.3 Å². The van der Waals surface area contributed by atoms with Crippen LogP contribution in [0, 0.1) is 6.92 Å². The Kier molecular flexibility index (Phi) is 2.97. The monoisotopic (exact) mass is 332 g/mol. The van der Waals surface area contributed by atoms with Gasteiger partial charge in [0.2, 0.25) is 0 Å². The van der Waals surface area contributed by atoms with Gasteiger partial charge in [0, 0.05) is 13.2 Å². The van der Waals surface area contributed by atoms with E-state index in [4.69, 9.17) is 0 Å². The van der Waals surface area contributed by atoms with E-state index < -0.39 is 0 Å². The summed E-state index contributed by atoms with van der Waals surface area (Å²) in [6.45, 7) is 2.69. The number of hydrogen-bond donors (Lipinski definition) is 0. The molecule has 0 saturated heterocycles. The van der Waals surface area contributed by atoms with E-state index in [1.54, 1.807) is 0 Å². The summed E-state index contributed by atoms with van der Waals surface area (Å²) in [5, 5.41) is 8.60. The van der Waals surface area contributed by atoms with Crippen molar-refractivity contribution < 1.29 is 0 Å². The first-order valence-corrected chi connectivity index (χ1v) is 6.03. The maximum Gasteiger partial charge on any atom is 0.128 e. The molecule has 2 rings (SSSR count). The molecule has 2 heterocycles. The maximum atomic E-state index is 4.33. The molecule has 0 radical (unpaired) electrons. The maximum absolute atomic E-state index is 4.33. The highest BCUT2D eigenvalue weighted by atomic mass is 79.9. The number of aromatic nitrogens is 4. The van der Waals surface area contributed by atoms with Crippen LogP contribution >= 0.6 is 31.9 Å². The van der Waals surface area contributed by atoms with Gasteiger partial charge < -0.3 is 0 Å². The molecule has 0 atom stereocenters. The van der Waals surface area contributed by atoms with Crippen molar-refractivity contribution in [2.24, 2.45) is 7.05 Å². The van der Waals surface area contributed by atoms with Gasteiger partial charge in [-0.3, -0.25) is 9.36 Å². The van der Waals surface area contributed by atoms with Crippen molar-refractivity contribution >= 4 is 31.9 Å². The Morgan fingerprint density at radius 2 is 2.07 bits per heavy atom. The van der Waals surface area contributed by atoms with Gasteiger partial charge in [0.25, 0.3) is 0 Å². The summed E-state index contributed by atoms with van der Waals surface area (Å²) in [5.41, 5.74) is 2.11. The second-order valence-electron chi connectivity index (χ2n) is 3.31. The summed E-state index contributed by atoms with van der Waals surface area (Å²) in [6.07, 6.45) is 1.93. The minimum Gasteiger partial charge on any atom is -0.269 e. The van der Waals surface area contributed by atoms with Crippen LogP contribution in [0.2, 0.25) is 0 Å². The molecule has 80 valence electrons. The van der Waals surface area contributed by atoms with E-state index in [1.165, 1.54) is 0 Å². The van der Waals surface area contributed by atoms with Gasteiger partial charge in [-0.15, -0.1) is 0 Å². The Morgan fingerprint density at radius 3 is 2.53 bits per heavy atom. The van der Waals surface area contributed by atoms with Gasteiger partial charge >= 0.3 is 0 Å². The molecular formula is C9H10Br2N4.